The van der Waals surface area contributed by atoms with E-state index < -0.39 is 0 Å². The molecule has 3 fully saturated rings. The summed E-state index contributed by atoms with van der Waals surface area (Å²) >= 11 is 1.63. The van der Waals surface area contributed by atoms with Gasteiger partial charge in [-0.05, 0) is 41.7 Å². The lowest BCUT2D eigenvalue weighted by Crippen LogP contribution is -2.31. The van der Waals surface area contributed by atoms with E-state index in [1.807, 2.05) is 21.7 Å². The molecule has 2 aromatic rings. The van der Waals surface area contributed by atoms with Gasteiger partial charge in [-0.2, -0.15) is 11.3 Å². The van der Waals surface area contributed by atoms with Crippen molar-refractivity contribution in [2.24, 2.45) is 5.92 Å². The molecule has 0 bridgehead atoms. The van der Waals surface area contributed by atoms with Crippen LogP contribution in [0, 0.1) is 5.92 Å². The van der Waals surface area contributed by atoms with Crippen LogP contribution < -0.4 is 0 Å². The molecular formula is C17H19N3O3S. The molecule has 4 heterocycles. The maximum atomic E-state index is 12.4. The topological polar surface area (TPSA) is 68.5 Å². The fraction of sp³-hybridized carbons (Fsp3) is 0.588. The van der Waals surface area contributed by atoms with Crippen LogP contribution in [0.15, 0.2) is 21.2 Å². The van der Waals surface area contributed by atoms with Crippen molar-refractivity contribution < 1.29 is 13.9 Å². The predicted octanol–water partition coefficient (Wildman–Crippen LogP) is 2.54. The van der Waals surface area contributed by atoms with Crippen LogP contribution in [0.5, 0.6) is 0 Å². The Labute approximate surface area is 143 Å². The number of ether oxygens (including phenoxy) is 1. The second-order valence-corrected chi connectivity index (χ2v) is 7.80. The van der Waals surface area contributed by atoms with E-state index in [-0.39, 0.29) is 18.1 Å². The summed E-state index contributed by atoms with van der Waals surface area (Å²) in [5.74, 6) is 2.41. The molecule has 0 spiro atoms. The van der Waals surface area contributed by atoms with Crippen molar-refractivity contribution in [3.05, 3.63) is 34.2 Å². The van der Waals surface area contributed by atoms with Crippen molar-refractivity contribution in [1.29, 1.82) is 0 Å². The zero-order valence-corrected chi connectivity index (χ0v) is 14.1. The van der Waals surface area contributed by atoms with E-state index in [2.05, 4.69) is 10.2 Å². The van der Waals surface area contributed by atoms with Gasteiger partial charge in [0.2, 0.25) is 17.7 Å². The lowest BCUT2D eigenvalue weighted by atomic mass is 10.0. The van der Waals surface area contributed by atoms with Gasteiger partial charge in [0.25, 0.3) is 0 Å². The summed E-state index contributed by atoms with van der Waals surface area (Å²) in [6.45, 7) is 1.45. The highest BCUT2D eigenvalue weighted by molar-refractivity contribution is 7.07. The smallest absolute Gasteiger partial charge is 0.245 e. The zero-order chi connectivity index (χ0) is 16.1. The summed E-state index contributed by atoms with van der Waals surface area (Å²) in [7, 11) is 0. The van der Waals surface area contributed by atoms with Crippen LogP contribution >= 0.6 is 11.3 Å². The molecule has 7 heteroatoms. The van der Waals surface area contributed by atoms with E-state index in [0.29, 0.717) is 30.7 Å². The van der Waals surface area contributed by atoms with Gasteiger partial charge in [0.1, 0.15) is 6.10 Å². The van der Waals surface area contributed by atoms with Crippen molar-refractivity contribution in [3.63, 3.8) is 0 Å². The Morgan fingerprint density at radius 2 is 2.17 bits per heavy atom. The van der Waals surface area contributed by atoms with Crippen LogP contribution in [0.2, 0.25) is 0 Å². The fourth-order valence-electron chi connectivity index (χ4n) is 3.68. The number of aromatic nitrogens is 2. The Balaban J connectivity index is 1.20. The molecule has 2 saturated heterocycles. The first-order valence-electron chi connectivity index (χ1n) is 8.54. The van der Waals surface area contributed by atoms with Crippen molar-refractivity contribution in [3.8, 4) is 0 Å². The molecule has 6 nitrogen and oxygen atoms in total. The molecule has 0 unspecified atom stereocenters. The predicted molar refractivity (Wildman–Crippen MR) is 86.6 cm³/mol. The van der Waals surface area contributed by atoms with E-state index in [9.17, 15) is 4.79 Å². The van der Waals surface area contributed by atoms with Gasteiger partial charge in [0.05, 0.1) is 12.5 Å². The summed E-state index contributed by atoms with van der Waals surface area (Å²) < 4.78 is 11.9. The molecule has 1 amide bonds. The van der Waals surface area contributed by atoms with Gasteiger partial charge < -0.3 is 14.1 Å². The normalized spacial score (nSPS) is 29.2. The largest absolute Gasteiger partial charge is 0.422 e. The highest BCUT2D eigenvalue weighted by Gasteiger charge is 2.45. The number of carbonyl (C=O) groups is 1. The molecule has 0 N–H and O–H groups in total. The van der Waals surface area contributed by atoms with Crippen molar-refractivity contribution in [1.82, 2.24) is 15.1 Å². The zero-order valence-electron chi connectivity index (χ0n) is 13.3. The molecule has 0 radical (unpaired) electrons. The molecule has 3 atom stereocenters. The van der Waals surface area contributed by atoms with Crippen LogP contribution in [0.25, 0.3) is 0 Å². The molecule has 1 saturated carbocycles. The standard InChI is InChI=1S/C17H19N3O3S/c21-15(5-10-3-4-24-9-10)20-7-12-6-13(22-14(12)8-20)17-19-18-16(23-17)11-1-2-11/h3-4,9,11-14H,1-2,5-8H2/t12-,13-,14+/m0/s1. The number of hydrogen-bond donors (Lipinski definition) is 0. The van der Waals surface area contributed by atoms with Gasteiger partial charge in [-0.25, -0.2) is 0 Å². The SMILES string of the molecule is O=C(Cc1ccsc1)N1C[C@@H]2C[C@@H](c3nnc(C4CC4)o3)O[C@@H]2C1. The monoisotopic (exact) mass is 345 g/mol. The first-order valence-corrected chi connectivity index (χ1v) is 9.48. The minimum absolute atomic E-state index is 0.0951. The summed E-state index contributed by atoms with van der Waals surface area (Å²) in [5.41, 5.74) is 1.10. The number of likely N-dealkylation sites (tertiary alicyclic amines) is 1. The molecule has 24 heavy (non-hydrogen) atoms. The molecule has 0 aromatic carbocycles. The van der Waals surface area contributed by atoms with Crippen LogP contribution in [0.3, 0.4) is 0 Å². The van der Waals surface area contributed by atoms with Gasteiger partial charge in [0, 0.05) is 24.9 Å². The summed E-state index contributed by atoms with van der Waals surface area (Å²) in [4.78, 5) is 14.4. The highest BCUT2D eigenvalue weighted by Crippen LogP contribution is 2.43. The second-order valence-electron chi connectivity index (χ2n) is 7.02. The number of carbonyl (C=O) groups excluding carboxylic acids is 1. The molecule has 2 aliphatic heterocycles. The fourth-order valence-corrected chi connectivity index (χ4v) is 4.35. The molecular weight excluding hydrogens is 326 g/mol. The van der Waals surface area contributed by atoms with Crippen LogP contribution in [-0.2, 0) is 16.0 Å². The quantitative estimate of drug-likeness (QED) is 0.852. The number of hydrogen-bond acceptors (Lipinski definition) is 6. The van der Waals surface area contributed by atoms with Gasteiger partial charge in [-0.15, -0.1) is 10.2 Å². The number of rotatable bonds is 4. The Morgan fingerprint density at radius 1 is 1.29 bits per heavy atom. The third-order valence-electron chi connectivity index (χ3n) is 5.18. The van der Waals surface area contributed by atoms with Gasteiger partial charge in [-0.1, -0.05) is 0 Å². The Morgan fingerprint density at radius 3 is 2.92 bits per heavy atom. The van der Waals surface area contributed by atoms with E-state index in [1.54, 1.807) is 11.3 Å². The average Bonchev–Trinajstić information content (AvgIpc) is 3.01. The van der Waals surface area contributed by atoms with Crippen LogP contribution in [-0.4, -0.2) is 40.2 Å². The van der Waals surface area contributed by atoms with Crippen molar-refractivity contribution >= 4 is 17.2 Å². The summed E-state index contributed by atoms with van der Waals surface area (Å²) in [6.07, 6.45) is 3.64. The minimum Gasteiger partial charge on any atom is -0.422 e. The first-order chi connectivity index (χ1) is 11.8. The Kier molecular flexibility index (Phi) is 3.45. The molecule has 126 valence electrons. The molecule has 1 aliphatic carbocycles. The molecule has 2 aromatic heterocycles. The Bertz CT molecular complexity index is 726. The van der Waals surface area contributed by atoms with Crippen molar-refractivity contribution in [2.45, 2.75) is 43.8 Å². The molecule has 3 aliphatic rings. The number of amides is 1. The van der Waals surface area contributed by atoms with E-state index >= 15 is 0 Å². The van der Waals surface area contributed by atoms with E-state index in [1.165, 1.54) is 0 Å². The van der Waals surface area contributed by atoms with E-state index in [4.69, 9.17) is 9.15 Å². The maximum absolute atomic E-state index is 12.4. The van der Waals surface area contributed by atoms with E-state index in [0.717, 1.165) is 37.3 Å². The Hall–Kier alpha value is -1.73. The number of nitrogens with zero attached hydrogens (tertiary/aromatic N) is 3. The maximum Gasteiger partial charge on any atom is 0.245 e. The lowest BCUT2D eigenvalue weighted by Gasteiger charge is -2.18. The van der Waals surface area contributed by atoms with Crippen LogP contribution in [0.4, 0.5) is 0 Å². The average molecular weight is 345 g/mol. The van der Waals surface area contributed by atoms with Gasteiger partial charge >= 0.3 is 0 Å². The summed E-state index contributed by atoms with van der Waals surface area (Å²) in [5, 5.41) is 12.4. The lowest BCUT2D eigenvalue weighted by molar-refractivity contribution is -0.130. The number of fused-ring (bicyclic) bond motifs is 1. The first kappa shape index (κ1) is 14.6. The third-order valence-corrected chi connectivity index (χ3v) is 5.92. The molecule has 5 rings (SSSR count). The summed E-state index contributed by atoms with van der Waals surface area (Å²) in [6, 6.07) is 2.01. The number of thiophene rings is 1. The third kappa shape index (κ3) is 2.65. The van der Waals surface area contributed by atoms with Gasteiger partial charge in [-0.3, -0.25) is 4.79 Å². The minimum atomic E-state index is -0.103. The van der Waals surface area contributed by atoms with Gasteiger partial charge in [0.15, 0.2) is 0 Å². The second kappa shape index (κ2) is 5.67. The van der Waals surface area contributed by atoms with Crippen molar-refractivity contribution in [2.75, 3.05) is 13.1 Å². The highest BCUT2D eigenvalue weighted by atomic mass is 32.1. The van der Waals surface area contributed by atoms with Crippen LogP contribution in [0.1, 0.15) is 48.6 Å².